The van der Waals surface area contributed by atoms with Crippen molar-refractivity contribution in [2.24, 2.45) is 0 Å². The van der Waals surface area contributed by atoms with E-state index in [2.05, 4.69) is 20.8 Å². The molecule has 4 rings (SSSR count). The molecule has 0 radical (unpaired) electrons. The minimum atomic E-state index is -3.90. The maximum Gasteiger partial charge on any atom is 0.408 e. The Labute approximate surface area is 184 Å². The van der Waals surface area contributed by atoms with Crippen LogP contribution < -0.4 is 10.6 Å². The van der Waals surface area contributed by atoms with Crippen LogP contribution in [0.3, 0.4) is 0 Å². The maximum absolute atomic E-state index is 12.9. The first-order chi connectivity index (χ1) is 14.9. The van der Waals surface area contributed by atoms with Gasteiger partial charge in [-0.15, -0.1) is 10.2 Å². The summed E-state index contributed by atoms with van der Waals surface area (Å²) in [6.45, 7) is 7.43. The van der Waals surface area contributed by atoms with Crippen LogP contribution in [0.5, 0.6) is 0 Å². The van der Waals surface area contributed by atoms with Crippen molar-refractivity contribution in [3.05, 3.63) is 24.1 Å². The number of benzene rings is 1. The molecule has 3 heterocycles. The van der Waals surface area contributed by atoms with Gasteiger partial charge in [-0.1, -0.05) is 0 Å². The number of hydrogen-bond donors (Lipinski definition) is 2. The van der Waals surface area contributed by atoms with Gasteiger partial charge in [0.2, 0.25) is 17.7 Å². The highest BCUT2D eigenvalue weighted by Gasteiger charge is 2.41. The molecule has 11 nitrogen and oxygen atoms in total. The van der Waals surface area contributed by atoms with E-state index < -0.39 is 44.8 Å². The summed E-state index contributed by atoms with van der Waals surface area (Å²) in [5.41, 5.74) is -0.937. The molecule has 0 bridgehead atoms. The number of carbonyl (C=O) groups is 2. The molecule has 172 valence electrons. The van der Waals surface area contributed by atoms with Gasteiger partial charge >= 0.3 is 6.09 Å². The van der Waals surface area contributed by atoms with Gasteiger partial charge < -0.3 is 24.5 Å². The predicted molar refractivity (Wildman–Crippen MR) is 111 cm³/mol. The van der Waals surface area contributed by atoms with Gasteiger partial charge in [-0.05, 0) is 45.9 Å². The Morgan fingerprint density at radius 2 is 2.03 bits per heavy atom. The average Bonchev–Trinajstić information content (AvgIpc) is 3.11. The molecule has 0 saturated carbocycles. The number of fused-ring (bicyclic) bond motifs is 1. The third-order valence-electron chi connectivity index (χ3n) is 5.09. The molecule has 1 unspecified atom stereocenters. The normalized spacial score (nSPS) is 24.5. The molecular weight excluding hydrogens is 440 g/mol. The summed E-state index contributed by atoms with van der Waals surface area (Å²) in [6.07, 6.45) is -0.135. The lowest BCUT2D eigenvalue weighted by Gasteiger charge is -2.34. The number of carbonyl (C=O) groups excluding carboxylic acids is 2. The van der Waals surface area contributed by atoms with Crippen molar-refractivity contribution in [1.29, 1.82) is 0 Å². The molecule has 2 aromatic rings. The molecule has 2 N–H and O–H groups in total. The molecule has 2 amide bonds. The number of rotatable bonds is 3. The van der Waals surface area contributed by atoms with Crippen molar-refractivity contribution < 1.29 is 31.9 Å². The number of nitrogens with zero attached hydrogens (tertiary/aromatic N) is 2. The topological polar surface area (TPSA) is 150 Å². The summed E-state index contributed by atoms with van der Waals surface area (Å²) in [5.74, 6) is -0.798. The molecule has 2 atom stereocenters. The van der Waals surface area contributed by atoms with E-state index in [0.29, 0.717) is 18.1 Å². The fourth-order valence-electron chi connectivity index (χ4n) is 3.32. The van der Waals surface area contributed by atoms with Crippen molar-refractivity contribution in [3.63, 3.8) is 0 Å². The fraction of sp³-hybridized carbons (Fsp3) is 0.500. The Kier molecular flexibility index (Phi) is 5.24. The van der Waals surface area contributed by atoms with Gasteiger partial charge in [-0.3, -0.25) is 4.79 Å². The molecule has 1 fully saturated rings. The zero-order valence-corrected chi connectivity index (χ0v) is 18.9. The molecule has 1 aromatic carbocycles. The summed E-state index contributed by atoms with van der Waals surface area (Å²) in [7, 11) is -3.90. The van der Waals surface area contributed by atoms with Crippen molar-refractivity contribution in [3.8, 4) is 11.5 Å². The van der Waals surface area contributed by atoms with Crippen LogP contribution in [-0.4, -0.2) is 54.6 Å². The maximum atomic E-state index is 12.9. The summed E-state index contributed by atoms with van der Waals surface area (Å²) in [4.78, 5) is 24.7. The molecule has 0 spiro atoms. The van der Waals surface area contributed by atoms with Gasteiger partial charge in [-0.25, -0.2) is 13.2 Å². The Bertz CT molecular complexity index is 1180. The van der Waals surface area contributed by atoms with Gasteiger partial charge in [0, 0.05) is 12.0 Å². The largest absolute Gasteiger partial charge is 0.444 e. The standard InChI is InChI=1S/C20H24N4O7S/c1-19(2,3)31-18(26)22-13-10-32(27,28)14-6-5-11(9-12(14)21-15(13)25)16-23-24-17(30-16)20(4)7-8-29-20/h5-6,9,13H,7-8,10H2,1-4H3,(H,21,25)(H,22,26)/t13-,20?/m0/s1. The Morgan fingerprint density at radius 1 is 1.31 bits per heavy atom. The number of amides is 2. The Hall–Kier alpha value is -2.99. The van der Waals surface area contributed by atoms with Gasteiger partial charge in [0.25, 0.3) is 0 Å². The Balaban J connectivity index is 1.60. The predicted octanol–water partition coefficient (Wildman–Crippen LogP) is 1.99. The zero-order chi connectivity index (χ0) is 23.3. The number of aromatic nitrogens is 2. The number of alkyl carbamates (subject to hydrolysis) is 1. The highest BCUT2D eigenvalue weighted by atomic mass is 32.2. The van der Waals surface area contributed by atoms with E-state index in [0.717, 1.165) is 6.42 Å². The molecule has 32 heavy (non-hydrogen) atoms. The lowest BCUT2D eigenvalue weighted by molar-refractivity contribution is -0.155. The highest BCUT2D eigenvalue weighted by molar-refractivity contribution is 7.91. The third-order valence-corrected chi connectivity index (χ3v) is 6.89. The van der Waals surface area contributed by atoms with Gasteiger partial charge in [0.1, 0.15) is 17.2 Å². The van der Waals surface area contributed by atoms with E-state index >= 15 is 0 Å². The molecule has 1 saturated heterocycles. The zero-order valence-electron chi connectivity index (χ0n) is 18.1. The average molecular weight is 465 g/mol. The lowest BCUT2D eigenvalue weighted by atomic mass is 9.98. The van der Waals surface area contributed by atoms with E-state index in [-0.39, 0.29) is 16.5 Å². The van der Waals surface area contributed by atoms with Crippen molar-refractivity contribution in [2.45, 2.75) is 56.3 Å². The van der Waals surface area contributed by atoms with Crippen molar-refractivity contribution in [1.82, 2.24) is 15.5 Å². The number of sulfone groups is 1. The Morgan fingerprint density at radius 3 is 2.66 bits per heavy atom. The van der Waals surface area contributed by atoms with Crippen molar-refractivity contribution >= 4 is 27.5 Å². The minimum absolute atomic E-state index is 0.0619. The van der Waals surface area contributed by atoms with Crippen LogP contribution in [0.2, 0.25) is 0 Å². The summed E-state index contributed by atoms with van der Waals surface area (Å²) < 4.78 is 42.1. The van der Waals surface area contributed by atoms with Crippen LogP contribution in [0.25, 0.3) is 11.5 Å². The number of ether oxygens (including phenoxy) is 2. The fourth-order valence-corrected chi connectivity index (χ4v) is 4.90. The molecule has 1 aromatic heterocycles. The van der Waals surface area contributed by atoms with Crippen LogP contribution in [-0.2, 0) is 29.7 Å². The minimum Gasteiger partial charge on any atom is -0.444 e. The molecule has 2 aliphatic heterocycles. The molecule has 12 heteroatoms. The molecular formula is C20H24N4O7S. The van der Waals surface area contributed by atoms with E-state index in [4.69, 9.17) is 13.9 Å². The first kappa shape index (κ1) is 22.2. The van der Waals surface area contributed by atoms with E-state index in [1.165, 1.54) is 18.2 Å². The quantitative estimate of drug-likeness (QED) is 0.695. The van der Waals surface area contributed by atoms with Crippen LogP contribution in [0.1, 0.15) is 40.0 Å². The monoisotopic (exact) mass is 464 g/mol. The first-order valence-electron chi connectivity index (χ1n) is 10.0. The second-order valence-electron chi connectivity index (χ2n) is 8.92. The van der Waals surface area contributed by atoms with E-state index in [1.54, 1.807) is 20.8 Å². The second-order valence-corrected chi connectivity index (χ2v) is 10.9. The highest BCUT2D eigenvalue weighted by Crippen LogP contribution is 2.37. The van der Waals surface area contributed by atoms with E-state index in [9.17, 15) is 18.0 Å². The number of nitrogens with one attached hydrogen (secondary N) is 2. The molecule has 2 aliphatic rings. The van der Waals surface area contributed by atoms with Crippen LogP contribution in [0.4, 0.5) is 10.5 Å². The summed E-state index contributed by atoms with van der Waals surface area (Å²) in [5, 5.41) is 12.9. The van der Waals surface area contributed by atoms with Crippen LogP contribution in [0.15, 0.2) is 27.5 Å². The van der Waals surface area contributed by atoms with Gasteiger partial charge in [0.15, 0.2) is 9.84 Å². The summed E-state index contributed by atoms with van der Waals surface area (Å²) in [6, 6.07) is 3.01. The number of hydrogen-bond acceptors (Lipinski definition) is 9. The van der Waals surface area contributed by atoms with Crippen molar-refractivity contribution in [2.75, 3.05) is 17.7 Å². The van der Waals surface area contributed by atoms with Gasteiger partial charge in [-0.2, -0.15) is 0 Å². The van der Waals surface area contributed by atoms with Crippen LogP contribution >= 0.6 is 0 Å². The van der Waals surface area contributed by atoms with Gasteiger partial charge in [0.05, 0.1) is 22.9 Å². The first-order valence-corrected chi connectivity index (χ1v) is 11.7. The number of anilines is 1. The van der Waals surface area contributed by atoms with E-state index in [1.807, 2.05) is 6.92 Å². The lowest BCUT2D eigenvalue weighted by Crippen LogP contribution is -2.48. The smallest absolute Gasteiger partial charge is 0.408 e. The van der Waals surface area contributed by atoms with Crippen LogP contribution in [0, 0.1) is 0 Å². The molecule has 0 aliphatic carbocycles. The summed E-state index contributed by atoms with van der Waals surface area (Å²) >= 11 is 0. The third kappa shape index (κ3) is 4.32. The second kappa shape index (κ2) is 7.55. The SMILES string of the molecule is CC(C)(C)OC(=O)N[C@H]1CS(=O)(=O)c2ccc(-c3nnc(C4(C)CCO4)o3)cc2NC1=O.